The van der Waals surface area contributed by atoms with Gasteiger partial charge < -0.3 is 10.0 Å². The summed E-state index contributed by atoms with van der Waals surface area (Å²) >= 11 is 0. The maximum atomic E-state index is 9.90. The van der Waals surface area contributed by atoms with Gasteiger partial charge in [-0.05, 0) is 50.0 Å². The van der Waals surface area contributed by atoms with Gasteiger partial charge in [0.15, 0.2) is 0 Å². The van der Waals surface area contributed by atoms with E-state index in [9.17, 15) is 10.0 Å². The molecule has 4 aromatic rings. The first kappa shape index (κ1) is 13.3. The molecule has 31 heavy (non-hydrogen) atoms. The molecule has 2 aliphatic rings. The maximum Gasteiger partial charge on any atom is 0.488 e. The minimum absolute atomic E-state index is 0.252. The molecule has 0 unspecified atom stereocenters. The molecular weight excluding hydrogens is 379 g/mol. The highest BCUT2D eigenvalue weighted by Gasteiger charge is 2.53. The van der Waals surface area contributed by atoms with Crippen LogP contribution in [-0.4, -0.2) is 17.2 Å². The van der Waals surface area contributed by atoms with Crippen LogP contribution >= 0.6 is 0 Å². The number of rotatable bonds is 1. The molecule has 0 fully saturated rings. The predicted octanol–water partition coefficient (Wildman–Crippen LogP) is 4.37. The SMILES string of the molecule is [2H]C([2H])([2H])C1(C([2H])([2H])[2H])c2ccccc2C2(c3ccccc3-c3cc(B(O)O)ccc32)c2ccccc21. The molecule has 0 aromatic heterocycles. The van der Waals surface area contributed by atoms with Crippen molar-refractivity contribution in [1.82, 2.24) is 0 Å². The minimum Gasteiger partial charge on any atom is -0.423 e. The van der Waals surface area contributed by atoms with Crippen molar-refractivity contribution in [3.63, 3.8) is 0 Å². The smallest absolute Gasteiger partial charge is 0.423 e. The Hall–Kier alpha value is -3.14. The second-order valence-electron chi connectivity index (χ2n) is 8.32. The van der Waals surface area contributed by atoms with Crippen LogP contribution in [0.1, 0.15) is 55.3 Å². The van der Waals surface area contributed by atoms with Gasteiger partial charge in [0.1, 0.15) is 0 Å². The fraction of sp³-hybridized carbons (Fsp3) is 0.143. The Morgan fingerprint density at radius 1 is 0.613 bits per heavy atom. The Morgan fingerprint density at radius 2 is 1.13 bits per heavy atom. The van der Waals surface area contributed by atoms with Gasteiger partial charge in [0, 0.05) is 13.6 Å². The van der Waals surface area contributed by atoms with Gasteiger partial charge in [-0.25, -0.2) is 0 Å². The van der Waals surface area contributed by atoms with E-state index in [1.165, 1.54) is 0 Å². The minimum atomic E-state index is -2.88. The summed E-state index contributed by atoms with van der Waals surface area (Å²) in [6.07, 6.45) is 0. The largest absolute Gasteiger partial charge is 0.488 e. The first-order valence-electron chi connectivity index (χ1n) is 13.3. The second kappa shape index (κ2) is 6.19. The summed E-state index contributed by atoms with van der Waals surface area (Å²) in [7, 11) is -1.65. The summed E-state index contributed by atoms with van der Waals surface area (Å²) in [5.74, 6) is 0. The molecule has 0 heterocycles. The van der Waals surface area contributed by atoms with Crippen molar-refractivity contribution in [2.45, 2.75) is 24.5 Å². The lowest BCUT2D eigenvalue weighted by Gasteiger charge is -2.46. The normalized spacial score (nSPS) is 19.9. The van der Waals surface area contributed by atoms with Crippen molar-refractivity contribution in [1.29, 1.82) is 0 Å². The molecule has 0 atom stereocenters. The predicted molar refractivity (Wildman–Crippen MR) is 126 cm³/mol. The van der Waals surface area contributed by atoms with E-state index < -0.39 is 31.7 Å². The highest BCUT2D eigenvalue weighted by molar-refractivity contribution is 6.58. The fourth-order valence-electron chi connectivity index (χ4n) is 5.61. The lowest BCUT2D eigenvalue weighted by atomic mass is 9.55. The van der Waals surface area contributed by atoms with Gasteiger partial charge in [-0.3, -0.25) is 0 Å². The van der Waals surface area contributed by atoms with E-state index in [1.54, 1.807) is 36.4 Å². The monoisotopic (exact) mass is 408 g/mol. The molecule has 0 saturated carbocycles. The molecule has 0 radical (unpaired) electrons. The van der Waals surface area contributed by atoms with Gasteiger partial charge in [-0.2, -0.15) is 0 Å². The number of hydrogen-bond donors (Lipinski definition) is 2. The van der Waals surface area contributed by atoms with Crippen molar-refractivity contribution in [2.24, 2.45) is 0 Å². The van der Waals surface area contributed by atoms with E-state index in [1.807, 2.05) is 54.6 Å². The molecule has 0 saturated heterocycles. The lowest BCUT2D eigenvalue weighted by molar-refractivity contribution is 0.426. The van der Waals surface area contributed by atoms with Gasteiger partial charge in [-0.15, -0.1) is 0 Å². The van der Waals surface area contributed by atoms with Crippen LogP contribution in [-0.2, 0) is 10.8 Å². The third-order valence-electron chi connectivity index (χ3n) is 6.84. The van der Waals surface area contributed by atoms with Crippen molar-refractivity contribution < 1.29 is 18.3 Å². The highest BCUT2D eigenvalue weighted by atomic mass is 16.4. The van der Waals surface area contributed by atoms with Gasteiger partial charge in [0.25, 0.3) is 0 Å². The van der Waals surface area contributed by atoms with Crippen LogP contribution in [0.25, 0.3) is 11.1 Å². The molecule has 2 N–H and O–H groups in total. The quantitative estimate of drug-likeness (QED) is 0.405. The summed E-state index contributed by atoms with van der Waals surface area (Å²) < 4.78 is 51.8. The third kappa shape index (κ3) is 2.20. The van der Waals surface area contributed by atoms with E-state index in [2.05, 4.69) is 0 Å². The first-order chi connectivity index (χ1) is 17.5. The standard InChI is InChI=1S/C28H23BO2/c1-27(2)23-11-5-7-13-25(23)28(26-14-8-6-12-24(26)27)21-10-4-3-9-19(21)20-17-18(29(30)31)15-16-22(20)28/h3-17,30-31H,1-2H3/i1D3,2D3. The van der Waals surface area contributed by atoms with Crippen molar-refractivity contribution in [3.8, 4) is 11.1 Å². The average molecular weight is 408 g/mol. The lowest BCUT2D eigenvalue weighted by Crippen LogP contribution is -2.40. The van der Waals surface area contributed by atoms with Crippen LogP contribution in [0.4, 0.5) is 0 Å². The number of benzene rings is 4. The Kier molecular flexibility index (Phi) is 2.66. The van der Waals surface area contributed by atoms with Gasteiger partial charge in [0.2, 0.25) is 0 Å². The first-order valence-corrected chi connectivity index (χ1v) is 10.3. The van der Waals surface area contributed by atoms with E-state index in [0.29, 0.717) is 16.6 Å². The Balaban J connectivity index is 1.86. The van der Waals surface area contributed by atoms with Crippen LogP contribution in [0.5, 0.6) is 0 Å². The van der Waals surface area contributed by atoms with Crippen LogP contribution < -0.4 is 5.46 Å². The zero-order chi connectivity index (χ0) is 26.4. The van der Waals surface area contributed by atoms with E-state index in [-0.39, 0.29) is 11.1 Å². The third-order valence-corrected chi connectivity index (χ3v) is 6.84. The van der Waals surface area contributed by atoms with E-state index in [4.69, 9.17) is 8.22 Å². The molecule has 4 aromatic carbocycles. The Bertz CT molecular complexity index is 1490. The van der Waals surface area contributed by atoms with Gasteiger partial charge >= 0.3 is 7.12 Å². The molecule has 2 aliphatic carbocycles. The molecule has 0 bridgehead atoms. The zero-order valence-corrected chi connectivity index (χ0v) is 16.6. The summed E-state index contributed by atoms with van der Waals surface area (Å²) in [6, 6.07) is 26.9. The van der Waals surface area contributed by atoms with Crippen molar-refractivity contribution >= 4 is 12.6 Å². The molecule has 3 heteroatoms. The summed E-state index contributed by atoms with van der Waals surface area (Å²) in [6.45, 7) is -5.75. The highest BCUT2D eigenvalue weighted by Crippen LogP contribution is 2.61. The number of hydrogen-bond acceptors (Lipinski definition) is 2. The Morgan fingerprint density at radius 3 is 1.71 bits per heavy atom. The number of fused-ring (bicyclic) bond motifs is 9. The zero-order valence-electron chi connectivity index (χ0n) is 22.6. The van der Waals surface area contributed by atoms with Crippen LogP contribution in [0, 0.1) is 0 Å². The molecule has 150 valence electrons. The molecule has 1 spiro atoms. The summed E-state index contributed by atoms with van der Waals surface area (Å²) in [4.78, 5) is 0. The molecular formula is C28H23BO2. The molecule has 2 nitrogen and oxygen atoms in total. The van der Waals surface area contributed by atoms with Crippen molar-refractivity contribution in [2.75, 3.05) is 0 Å². The van der Waals surface area contributed by atoms with Gasteiger partial charge in [-0.1, -0.05) is 105 Å². The van der Waals surface area contributed by atoms with Crippen LogP contribution in [0.2, 0.25) is 0 Å². The van der Waals surface area contributed by atoms with Crippen molar-refractivity contribution in [3.05, 3.63) is 124 Å². The van der Waals surface area contributed by atoms with Crippen LogP contribution in [0.3, 0.4) is 0 Å². The fourth-order valence-corrected chi connectivity index (χ4v) is 5.61. The maximum absolute atomic E-state index is 9.90. The average Bonchev–Trinajstić information content (AvgIpc) is 3.13. The summed E-state index contributed by atoms with van der Waals surface area (Å²) in [5.41, 5.74) is 2.21. The topological polar surface area (TPSA) is 40.5 Å². The molecule has 0 amide bonds. The molecule has 6 rings (SSSR count). The second-order valence-corrected chi connectivity index (χ2v) is 8.32. The van der Waals surface area contributed by atoms with Crippen LogP contribution in [0.15, 0.2) is 91.0 Å². The summed E-state index contributed by atoms with van der Waals surface area (Å²) in [5, 5.41) is 19.8. The van der Waals surface area contributed by atoms with Gasteiger partial charge in [0.05, 0.1) is 5.41 Å². The van der Waals surface area contributed by atoms with E-state index in [0.717, 1.165) is 22.3 Å². The molecule has 0 aliphatic heterocycles. The Labute approximate surface area is 191 Å². The van der Waals surface area contributed by atoms with E-state index >= 15 is 0 Å².